The number of alkyl halides is 3. The zero-order valence-corrected chi connectivity index (χ0v) is 18.5. The van der Waals surface area contributed by atoms with Gasteiger partial charge in [-0.05, 0) is 50.1 Å². The number of benzene rings is 2. The van der Waals surface area contributed by atoms with Gasteiger partial charge in [0, 0.05) is 13.2 Å². The SMILES string of the molecule is CCOCc1ccc(CNC(=O)C(=O)c2c(C)nn(-c3cccc(C(F)(F)F)c3)c2C)cc1. The topological polar surface area (TPSA) is 73.2 Å². The van der Waals surface area contributed by atoms with Gasteiger partial charge in [0.2, 0.25) is 0 Å². The van der Waals surface area contributed by atoms with Crippen LogP contribution in [0.3, 0.4) is 0 Å². The van der Waals surface area contributed by atoms with Gasteiger partial charge in [0.05, 0.1) is 34.8 Å². The van der Waals surface area contributed by atoms with Crippen molar-refractivity contribution in [1.82, 2.24) is 15.1 Å². The summed E-state index contributed by atoms with van der Waals surface area (Å²) in [5, 5.41) is 6.78. The van der Waals surface area contributed by atoms with E-state index in [0.717, 1.165) is 23.3 Å². The van der Waals surface area contributed by atoms with E-state index in [9.17, 15) is 22.8 Å². The summed E-state index contributed by atoms with van der Waals surface area (Å²) in [6.45, 7) is 6.25. The highest BCUT2D eigenvalue weighted by atomic mass is 19.4. The van der Waals surface area contributed by atoms with E-state index in [-0.39, 0.29) is 29.2 Å². The molecule has 0 saturated heterocycles. The van der Waals surface area contributed by atoms with Crippen molar-refractivity contribution in [2.45, 2.75) is 40.1 Å². The molecule has 0 radical (unpaired) electrons. The predicted molar refractivity (Wildman–Crippen MR) is 116 cm³/mol. The summed E-state index contributed by atoms with van der Waals surface area (Å²) < 4.78 is 45.8. The minimum atomic E-state index is -4.51. The van der Waals surface area contributed by atoms with Crippen molar-refractivity contribution in [3.8, 4) is 5.69 Å². The second kappa shape index (κ2) is 9.99. The number of carbonyl (C=O) groups excluding carboxylic acids is 2. The third-order valence-corrected chi connectivity index (χ3v) is 5.09. The highest BCUT2D eigenvalue weighted by molar-refractivity contribution is 6.43. The molecule has 0 aliphatic heterocycles. The molecule has 0 unspecified atom stereocenters. The zero-order valence-electron chi connectivity index (χ0n) is 18.5. The Hall–Kier alpha value is -3.46. The van der Waals surface area contributed by atoms with Crippen LogP contribution in [0.2, 0.25) is 0 Å². The molecule has 0 atom stereocenters. The van der Waals surface area contributed by atoms with E-state index < -0.39 is 23.4 Å². The fraction of sp³-hybridized carbons (Fsp3) is 0.292. The van der Waals surface area contributed by atoms with Gasteiger partial charge in [0.1, 0.15) is 0 Å². The molecule has 0 aliphatic rings. The number of rotatable bonds is 8. The van der Waals surface area contributed by atoms with E-state index in [2.05, 4.69) is 10.4 Å². The Kier molecular flexibility index (Phi) is 7.33. The third kappa shape index (κ3) is 5.67. The van der Waals surface area contributed by atoms with Gasteiger partial charge in [-0.3, -0.25) is 9.59 Å². The van der Waals surface area contributed by atoms with Crippen molar-refractivity contribution in [2.24, 2.45) is 0 Å². The Morgan fingerprint density at radius 2 is 1.73 bits per heavy atom. The average Bonchev–Trinajstić information content (AvgIpc) is 3.09. The van der Waals surface area contributed by atoms with Crippen molar-refractivity contribution in [3.05, 3.63) is 82.2 Å². The normalized spacial score (nSPS) is 11.5. The maximum absolute atomic E-state index is 13.1. The summed E-state index contributed by atoms with van der Waals surface area (Å²) in [5.74, 6) is -1.61. The summed E-state index contributed by atoms with van der Waals surface area (Å²) in [5.41, 5.74) is 1.73. The second-order valence-electron chi connectivity index (χ2n) is 7.47. The number of aromatic nitrogens is 2. The molecule has 3 rings (SSSR count). The molecular weight excluding hydrogens is 435 g/mol. The van der Waals surface area contributed by atoms with Gasteiger partial charge in [-0.25, -0.2) is 4.68 Å². The lowest BCUT2D eigenvalue weighted by molar-refractivity contribution is -0.137. The van der Waals surface area contributed by atoms with Gasteiger partial charge < -0.3 is 10.1 Å². The van der Waals surface area contributed by atoms with E-state index in [1.54, 1.807) is 0 Å². The van der Waals surface area contributed by atoms with Crippen molar-refractivity contribution < 1.29 is 27.5 Å². The molecule has 1 amide bonds. The van der Waals surface area contributed by atoms with E-state index in [1.165, 1.54) is 30.7 Å². The minimum absolute atomic E-state index is 0.0666. The first kappa shape index (κ1) is 24.2. The molecule has 1 N–H and O–H groups in total. The Morgan fingerprint density at radius 3 is 2.36 bits per heavy atom. The number of amides is 1. The summed E-state index contributed by atoms with van der Waals surface area (Å²) >= 11 is 0. The Morgan fingerprint density at radius 1 is 1.06 bits per heavy atom. The number of hydrogen-bond acceptors (Lipinski definition) is 4. The van der Waals surface area contributed by atoms with Crippen LogP contribution in [0.1, 0.15) is 45.4 Å². The number of ketones is 1. The molecule has 33 heavy (non-hydrogen) atoms. The molecule has 6 nitrogen and oxygen atoms in total. The van der Waals surface area contributed by atoms with E-state index in [4.69, 9.17) is 4.74 Å². The largest absolute Gasteiger partial charge is 0.416 e. The standard InChI is InChI=1S/C24H24F3N3O3/c1-4-33-14-18-10-8-17(9-11-18)13-28-23(32)22(31)21-15(2)29-30(16(21)3)20-7-5-6-19(12-20)24(25,26)27/h5-12H,4,13-14H2,1-3H3,(H,28,32). The summed E-state index contributed by atoms with van der Waals surface area (Å²) in [6, 6.07) is 12.1. The van der Waals surface area contributed by atoms with Crippen molar-refractivity contribution in [1.29, 1.82) is 0 Å². The molecule has 0 fully saturated rings. The fourth-order valence-electron chi connectivity index (χ4n) is 3.39. The molecule has 174 valence electrons. The maximum atomic E-state index is 13.1. The first-order chi connectivity index (χ1) is 15.6. The number of ether oxygens (including phenoxy) is 1. The smallest absolute Gasteiger partial charge is 0.377 e. The van der Waals surface area contributed by atoms with Gasteiger partial charge in [-0.2, -0.15) is 18.3 Å². The maximum Gasteiger partial charge on any atom is 0.416 e. The van der Waals surface area contributed by atoms with Crippen LogP contribution in [0.15, 0.2) is 48.5 Å². The van der Waals surface area contributed by atoms with Crippen molar-refractivity contribution in [2.75, 3.05) is 6.61 Å². The predicted octanol–water partition coefficient (Wildman–Crippen LogP) is 4.54. The zero-order chi connectivity index (χ0) is 24.2. The van der Waals surface area contributed by atoms with Gasteiger partial charge in [-0.15, -0.1) is 0 Å². The van der Waals surface area contributed by atoms with Crippen molar-refractivity contribution in [3.63, 3.8) is 0 Å². The highest BCUT2D eigenvalue weighted by Gasteiger charge is 2.31. The average molecular weight is 459 g/mol. The van der Waals surface area contributed by atoms with Gasteiger partial charge in [-0.1, -0.05) is 30.3 Å². The fourth-order valence-corrected chi connectivity index (χ4v) is 3.39. The van der Waals surface area contributed by atoms with Gasteiger partial charge >= 0.3 is 6.18 Å². The quantitative estimate of drug-likeness (QED) is 0.396. The Balaban J connectivity index is 1.74. The first-order valence-electron chi connectivity index (χ1n) is 10.3. The monoisotopic (exact) mass is 459 g/mol. The lowest BCUT2D eigenvalue weighted by Gasteiger charge is -2.10. The van der Waals surface area contributed by atoms with Crippen LogP contribution in [-0.2, 0) is 28.9 Å². The molecule has 2 aromatic carbocycles. The molecule has 0 bridgehead atoms. The van der Waals surface area contributed by atoms with Crippen LogP contribution in [0.4, 0.5) is 13.2 Å². The van der Waals surface area contributed by atoms with Crippen LogP contribution in [0.25, 0.3) is 5.69 Å². The van der Waals surface area contributed by atoms with Crippen LogP contribution >= 0.6 is 0 Å². The number of Topliss-reactive ketones (excluding diaryl/α,β-unsaturated/α-hetero) is 1. The molecule has 3 aromatic rings. The lowest BCUT2D eigenvalue weighted by atomic mass is 10.1. The number of halogens is 3. The molecule has 9 heteroatoms. The molecule has 1 heterocycles. The Labute approximate surface area is 189 Å². The first-order valence-corrected chi connectivity index (χ1v) is 10.3. The number of nitrogens with one attached hydrogen (secondary N) is 1. The second-order valence-corrected chi connectivity index (χ2v) is 7.47. The van der Waals surface area contributed by atoms with Gasteiger partial charge in [0.25, 0.3) is 11.7 Å². The number of aryl methyl sites for hydroxylation is 1. The summed E-state index contributed by atoms with van der Waals surface area (Å²) in [7, 11) is 0. The lowest BCUT2D eigenvalue weighted by Crippen LogP contribution is -2.31. The molecule has 1 aromatic heterocycles. The van der Waals surface area contributed by atoms with Crippen molar-refractivity contribution >= 4 is 11.7 Å². The van der Waals surface area contributed by atoms with E-state index in [0.29, 0.717) is 13.2 Å². The van der Waals surface area contributed by atoms with E-state index >= 15 is 0 Å². The number of carbonyl (C=O) groups is 2. The number of hydrogen-bond donors (Lipinski definition) is 1. The minimum Gasteiger partial charge on any atom is -0.377 e. The highest BCUT2D eigenvalue weighted by Crippen LogP contribution is 2.31. The molecule has 0 aliphatic carbocycles. The third-order valence-electron chi connectivity index (χ3n) is 5.09. The number of nitrogens with zero attached hydrogens (tertiary/aromatic N) is 2. The van der Waals surface area contributed by atoms with Crippen LogP contribution in [0.5, 0.6) is 0 Å². The van der Waals surface area contributed by atoms with Crippen LogP contribution in [-0.4, -0.2) is 28.1 Å². The van der Waals surface area contributed by atoms with Crippen LogP contribution in [0, 0.1) is 13.8 Å². The van der Waals surface area contributed by atoms with E-state index in [1.807, 2.05) is 31.2 Å². The van der Waals surface area contributed by atoms with Crippen LogP contribution < -0.4 is 5.32 Å². The molecule has 0 spiro atoms. The Bertz CT molecular complexity index is 1150. The summed E-state index contributed by atoms with van der Waals surface area (Å²) in [4.78, 5) is 25.3. The molecule has 0 saturated carbocycles. The summed E-state index contributed by atoms with van der Waals surface area (Å²) in [6.07, 6.45) is -4.51. The molecular formula is C24H24F3N3O3. The van der Waals surface area contributed by atoms with Gasteiger partial charge in [0.15, 0.2) is 0 Å².